The van der Waals surface area contributed by atoms with Crippen molar-refractivity contribution in [2.24, 2.45) is 16.2 Å². The Bertz CT molecular complexity index is 1040. The van der Waals surface area contributed by atoms with Gasteiger partial charge < -0.3 is 15.0 Å². The Morgan fingerprint density at radius 2 is 2.06 bits per heavy atom. The number of amides is 1. The first-order valence-electron chi connectivity index (χ1n) is 10.6. The van der Waals surface area contributed by atoms with Crippen molar-refractivity contribution in [3.8, 4) is 0 Å². The molecule has 168 valence electrons. The predicted octanol–water partition coefficient (Wildman–Crippen LogP) is 2.78. The number of ether oxygens (including phenoxy) is 1. The van der Waals surface area contributed by atoms with Gasteiger partial charge in [0.1, 0.15) is 0 Å². The van der Waals surface area contributed by atoms with Crippen molar-refractivity contribution >= 4 is 44.5 Å². The smallest absolute Gasteiger partial charge is 0.338 e. The molecule has 31 heavy (non-hydrogen) atoms. The number of carbonyl (C=O) groups is 2. The van der Waals surface area contributed by atoms with Gasteiger partial charge in [0.2, 0.25) is 0 Å². The number of nitrogens with one attached hydrogen (secondary N) is 1. The number of amidine groups is 1. The quantitative estimate of drug-likeness (QED) is 0.682. The van der Waals surface area contributed by atoms with Gasteiger partial charge in [-0.1, -0.05) is 26.7 Å². The van der Waals surface area contributed by atoms with Gasteiger partial charge in [-0.15, -0.1) is 4.40 Å². The summed E-state index contributed by atoms with van der Waals surface area (Å²) >= 11 is 1.21. The maximum absolute atomic E-state index is 12.6. The van der Waals surface area contributed by atoms with Gasteiger partial charge in [-0.25, -0.2) is 13.2 Å². The average molecular weight is 466 g/mol. The highest BCUT2D eigenvalue weighted by Gasteiger charge is 2.34. The lowest BCUT2D eigenvalue weighted by Crippen LogP contribution is -2.47. The molecule has 2 heterocycles. The van der Waals surface area contributed by atoms with E-state index in [2.05, 4.69) is 23.6 Å². The second kappa shape index (κ2) is 8.46. The second-order valence-electron chi connectivity index (χ2n) is 8.53. The highest BCUT2D eigenvalue weighted by Crippen LogP contribution is 2.42. The van der Waals surface area contributed by atoms with Gasteiger partial charge in [0.05, 0.1) is 17.0 Å². The summed E-state index contributed by atoms with van der Waals surface area (Å²) in [5.74, 6) is 0.0344. The van der Waals surface area contributed by atoms with Crippen LogP contribution >= 0.6 is 11.8 Å². The number of nitrogens with zero attached hydrogens (tertiary/aromatic N) is 2. The lowest BCUT2D eigenvalue weighted by atomic mass is 9.78. The predicted molar refractivity (Wildman–Crippen MR) is 120 cm³/mol. The van der Waals surface area contributed by atoms with E-state index in [-0.39, 0.29) is 17.7 Å². The second-order valence-corrected chi connectivity index (χ2v) is 11.3. The molecule has 2 aliphatic heterocycles. The zero-order valence-corrected chi connectivity index (χ0v) is 19.5. The van der Waals surface area contributed by atoms with E-state index in [0.717, 1.165) is 23.4 Å². The highest BCUT2D eigenvalue weighted by molar-refractivity contribution is 8.15. The first-order chi connectivity index (χ1) is 14.6. The standard InChI is InChI=1S/C21H27N3O5S2/c1-12-5-4-6-16(13(12)2)22-19(25)14(3)29-20(26)15-7-8-17-18(11-15)30-21-23-31(27,28)10-9-24(17)21/h7-8,11-14,16H,4-6,9-10H2,1-3H3,(H,22,25). The molecule has 10 heteroatoms. The molecular weight excluding hydrogens is 438 g/mol. The van der Waals surface area contributed by atoms with Crippen LogP contribution in [0.15, 0.2) is 27.5 Å². The van der Waals surface area contributed by atoms with E-state index in [4.69, 9.17) is 4.74 Å². The fraction of sp³-hybridized carbons (Fsp3) is 0.571. The summed E-state index contributed by atoms with van der Waals surface area (Å²) in [7, 11) is -3.44. The van der Waals surface area contributed by atoms with Gasteiger partial charge in [-0.2, -0.15) is 0 Å². The molecule has 4 rings (SSSR count). The maximum Gasteiger partial charge on any atom is 0.338 e. The van der Waals surface area contributed by atoms with Crippen LogP contribution in [0.1, 0.15) is 50.4 Å². The maximum atomic E-state index is 12.6. The van der Waals surface area contributed by atoms with E-state index in [1.807, 2.05) is 4.90 Å². The Morgan fingerprint density at radius 3 is 2.84 bits per heavy atom. The summed E-state index contributed by atoms with van der Waals surface area (Å²) < 4.78 is 32.7. The van der Waals surface area contributed by atoms with Crippen molar-refractivity contribution in [2.45, 2.75) is 57.1 Å². The number of benzene rings is 1. The number of anilines is 1. The molecule has 0 saturated heterocycles. The minimum Gasteiger partial charge on any atom is -0.449 e. The monoisotopic (exact) mass is 465 g/mol. The van der Waals surface area contributed by atoms with Crippen molar-refractivity contribution in [1.29, 1.82) is 0 Å². The Labute approximate surface area is 186 Å². The van der Waals surface area contributed by atoms with E-state index in [0.29, 0.717) is 29.1 Å². The third kappa shape index (κ3) is 4.59. The molecule has 1 aliphatic carbocycles. The van der Waals surface area contributed by atoms with E-state index in [9.17, 15) is 18.0 Å². The molecule has 0 aromatic heterocycles. The molecule has 0 spiro atoms. The molecule has 1 N–H and O–H groups in total. The van der Waals surface area contributed by atoms with Crippen LogP contribution in [-0.2, 0) is 19.6 Å². The molecule has 4 unspecified atom stereocenters. The molecule has 1 aromatic rings. The molecule has 1 fully saturated rings. The minimum absolute atomic E-state index is 0.0364. The Kier molecular flexibility index (Phi) is 6.04. The van der Waals surface area contributed by atoms with Gasteiger partial charge in [-0.3, -0.25) is 4.79 Å². The van der Waals surface area contributed by atoms with Crippen molar-refractivity contribution in [3.63, 3.8) is 0 Å². The van der Waals surface area contributed by atoms with Crippen LogP contribution in [0.5, 0.6) is 0 Å². The third-order valence-corrected chi connectivity index (χ3v) is 8.70. The first kappa shape index (κ1) is 22.1. The van der Waals surface area contributed by atoms with Crippen LogP contribution in [0, 0.1) is 11.8 Å². The molecule has 1 saturated carbocycles. The molecular formula is C21H27N3O5S2. The minimum atomic E-state index is -3.44. The molecule has 1 aromatic carbocycles. The van der Waals surface area contributed by atoms with E-state index in [1.54, 1.807) is 25.1 Å². The molecule has 8 nitrogen and oxygen atoms in total. The number of carbonyl (C=O) groups excluding carboxylic acids is 2. The Morgan fingerprint density at radius 1 is 1.29 bits per heavy atom. The van der Waals surface area contributed by atoms with Gasteiger partial charge in [0.25, 0.3) is 15.9 Å². The topological polar surface area (TPSA) is 105 Å². The number of hydrogen-bond donors (Lipinski definition) is 1. The van der Waals surface area contributed by atoms with Crippen molar-refractivity contribution < 1.29 is 22.7 Å². The van der Waals surface area contributed by atoms with Crippen LogP contribution in [0.3, 0.4) is 0 Å². The van der Waals surface area contributed by atoms with Gasteiger partial charge in [-0.05, 0) is 55.1 Å². The van der Waals surface area contributed by atoms with E-state index >= 15 is 0 Å². The number of esters is 1. The number of hydrogen-bond acceptors (Lipinski definition) is 7. The largest absolute Gasteiger partial charge is 0.449 e. The average Bonchev–Trinajstić information content (AvgIpc) is 3.06. The van der Waals surface area contributed by atoms with E-state index < -0.39 is 22.1 Å². The van der Waals surface area contributed by atoms with Gasteiger partial charge in [0.15, 0.2) is 11.3 Å². The summed E-state index contributed by atoms with van der Waals surface area (Å²) in [6.45, 7) is 6.26. The molecule has 1 amide bonds. The van der Waals surface area contributed by atoms with Crippen LogP contribution in [0.4, 0.5) is 5.69 Å². The third-order valence-electron chi connectivity index (χ3n) is 6.40. The van der Waals surface area contributed by atoms with Crippen LogP contribution in [0.25, 0.3) is 0 Å². The van der Waals surface area contributed by atoms with Crippen LogP contribution < -0.4 is 10.2 Å². The fourth-order valence-corrected chi connectivity index (χ4v) is 6.52. The number of rotatable bonds is 4. The van der Waals surface area contributed by atoms with Crippen molar-refractivity contribution in [2.75, 3.05) is 17.2 Å². The normalized spacial score (nSPS) is 27.5. The van der Waals surface area contributed by atoms with Gasteiger partial charge in [0, 0.05) is 17.5 Å². The molecule has 0 radical (unpaired) electrons. The zero-order valence-electron chi connectivity index (χ0n) is 17.8. The first-order valence-corrected chi connectivity index (χ1v) is 13.0. The van der Waals surface area contributed by atoms with Crippen molar-refractivity contribution in [3.05, 3.63) is 23.8 Å². The lowest BCUT2D eigenvalue weighted by Gasteiger charge is -2.35. The number of sulfonamides is 1. The fourth-order valence-electron chi connectivity index (χ4n) is 4.23. The number of fused-ring (bicyclic) bond motifs is 3. The summed E-state index contributed by atoms with van der Waals surface area (Å²) in [5, 5.41) is 3.44. The summed E-state index contributed by atoms with van der Waals surface area (Å²) in [4.78, 5) is 27.8. The summed E-state index contributed by atoms with van der Waals surface area (Å²) in [6.07, 6.45) is 2.29. The summed E-state index contributed by atoms with van der Waals surface area (Å²) in [6, 6.07) is 5.15. The van der Waals surface area contributed by atoms with Gasteiger partial charge >= 0.3 is 5.97 Å². The van der Waals surface area contributed by atoms with E-state index in [1.165, 1.54) is 18.2 Å². The Hall–Kier alpha value is -2.07. The molecule has 3 aliphatic rings. The molecule has 0 bridgehead atoms. The molecule has 4 atom stereocenters. The van der Waals surface area contributed by atoms with Crippen LogP contribution in [-0.4, -0.2) is 49.9 Å². The summed E-state index contributed by atoms with van der Waals surface area (Å²) in [5.41, 5.74) is 1.13. The highest BCUT2D eigenvalue weighted by atomic mass is 32.2. The lowest BCUT2D eigenvalue weighted by molar-refractivity contribution is -0.130. The zero-order chi connectivity index (χ0) is 22.3. The SMILES string of the molecule is CC(OC(=O)c1ccc2c(c1)SC1=NS(=O)(=O)CCN12)C(=O)NC1CCCC(C)C1C. The Balaban J connectivity index is 1.40. The number of thioether (sulfide) groups is 1. The van der Waals surface area contributed by atoms with Crippen LogP contribution in [0.2, 0.25) is 0 Å². The van der Waals surface area contributed by atoms with Crippen molar-refractivity contribution in [1.82, 2.24) is 5.32 Å².